The molecule has 4 nitrogen and oxygen atoms in total. The van der Waals surface area contributed by atoms with Crippen LogP contribution in [0.5, 0.6) is 0 Å². The van der Waals surface area contributed by atoms with Gasteiger partial charge in [0.15, 0.2) is 0 Å². The monoisotopic (exact) mass is 296 g/mol. The Morgan fingerprint density at radius 3 is 2.90 bits per heavy atom. The number of aliphatic hydroxyl groups is 1. The summed E-state index contributed by atoms with van der Waals surface area (Å²) in [4.78, 5) is 4.76. The van der Waals surface area contributed by atoms with Crippen LogP contribution in [0, 0.1) is 0 Å². The minimum atomic E-state index is -0.257. The van der Waals surface area contributed by atoms with E-state index < -0.39 is 0 Å². The first-order valence-corrected chi connectivity index (χ1v) is 8.51. The maximum absolute atomic E-state index is 10.4. The van der Waals surface area contributed by atoms with Crippen molar-refractivity contribution in [1.29, 1.82) is 0 Å². The standard InChI is InChI=1S/C15H24N2O2S/c18-14(10-16-5-7-19-8-6-16)11-17-4-1-2-15(17)13-3-9-20-12-13/h3,9,12,14-15,18H,1-2,4-8,10-11H2/t14-,15-/m0/s1. The third-order valence-corrected chi connectivity index (χ3v) is 5.01. The fraction of sp³-hybridized carbons (Fsp3) is 0.733. The van der Waals surface area contributed by atoms with Crippen molar-refractivity contribution < 1.29 is 9.84 Å². The summed E-state index contributed by atoms with van der Waals surface area (Å²) in [6.45, 7) is 6.17. The summed E-state index contributed by atoms with van der Waals surface area (Å²) in [5.74, 6) is 0. The Balaban J connectivity index is 1.51. The van der Waals surface area contributed by atoms with Crippen molar-refractivity contribution in [2.45, 2.75) is 25.0 Å². The van der Waals surface area contributed by atoms with Crippen LogP contribution in [0.3, 0.4) is 0 Å². The van der Waals surface area contributed by atoms with Gasteiger partial charge in [0.1, 0.15) is 0 Å². The number of β-amino-alcohol motifs (C(OH)–C–C–N with tert-alkyl or cyclic N) is 1. The van der Waals surface area contributed by atoms with Crippen LogP contribution in [-0.4, -0.2) is 66.9 Å². The van der Waals surface area contributed by atoms with Crippen molar-refractivity contribution >= 4 is 11.3 Å². The van der Waals surface area contributed by atoms with Crippen LogP contribution in [-0.2, 0) is 4.74 Å². The van der Waals surface area contributed by atoms with Crippen LogP contribution in [0.4, 0.5) is 0 Å². The van der Waals surface area contributed by atoms with Crippen molar-refractivity contribution in [1.82, 2.24) is 9.80 Å². The van der Waals surface area contributed by atoms with E-state index in [0.29, 0.717) is 6.04 Å². The van der Waals surface area contributed by atoms with Crippen LogP contribution in [0.1, 0.15) is 24.4 Å². The first kappa shape index (κ1) is 14.5. The molecule has 0 aliphatic carbocycles. The van der Waals surface area contributed by atoms with Crippen LogP contribution < -0.4 is 0 Å². The number of hydrogen-bond acceptors (Lipinski definition) is 5. The van der Waals surface area contributed by atoms with Crippen LogP contribution in [0.15, 0.2) is 16.8 Å². The number of aliphatic hydroxyl groups excluding tert-OH is 1. The third-order valence-electron chi connectivity index (χ3n) is 4.31. The van der Waals surface area contributed by atoms with Gasteiger partial charge in [0.25, 0.3) is 0 Å². The highest BCUT2D eigenvalue weighted by Gasteiger charge is 2.28. The number of nitrogens with zero attached hydrogens (tertiary/aromatic N) is 2. The topological polar surface area (TPSA) is 35.9 Å². The molecule has 1 aromatic heterocycles. The molecular formula is C15H24N2O2S. The van der Waals surface area contributed by atoms with Crippen molar-refractivity contribution in [3.63, 3.8) is 0 Å². The molecule has 20 heavy (non-hydrogen) atoms. The smallest absolute Gasteiger partial charge is 0.0794 e. The quantitative estimate of drug-likeness (QED) is 0.895. The predicted molar refractivity (Wildman–Crippen MR) is 81.1 cm³/mol. The van der Waals surface area contributed by atoms with E-state index in [2.05, 4.69) is 26.6 Å². The van der Waals surface area contributed by atoms with Gasteiger partial charge in [-0.3, -0.25) is 9.80 Å². The molecule has 0 radical (unpaired) electrons. The summed E-state index contributed by atoms with van der Waals surface area (Å²) >= 11 is 1.76. The average Bonchev–Trinajstić information content (AvgIpc) is 3.10. The molecule has 0 unspecified atom stereocenters. The second-order valence-electron chi connectivity index (χ2n) is 5.78. The number of hydrogen-bond donors (Lipinski definition) is 1. The predicted octanol–water partition coefficient (Wildman–Crippen LogP) is 1.58. The Bertz CT molecular complexity index is 393. The lowest BCUT2D eigenvalue weighted by Gasteiger charge is -2.31. The second kappa shape index (κ2) is 7.00. The Kier molecular flexibility index (Phi) is 5.07. The minimum absolute atomic E-state index is 0.257. The highest BCUT2D eigenvalue weighted by atomic mass is 32.1. The first-order valence-electron chi connectivity index (χ1n) is 7.57. The SMILES string of the molecule is O[C@@H](CN1CCOCC1)CN1CCC[C@H]1c1ccsc1. The normalized spacial score (nSPS) is 26.9. The third kappa shape index (κ3) is 3.59. The summed E-state index contributed by atoms with van der Waals surface area (Å²) in [5, 5.41) is 14.8. The number of morpholine rings is 1. The molecule has 0 saturated carbocycles. The molecule has 2 fully saturated rings. The van der Waals surface area contributed by atoms with Crippen molar-refractivity contribution in [2.24, 2.45) is 0 Å². The largest absolute Gasteiger partial charge is 0.390 e. The van der Waals surface area contributed by atoms with Gasteiger partial charge in [-0.25, -0.2) is 0 Å². The van der Waals surface area contributed by atoms with E-state index in [0.717, 1.165) is 45.9 Å². The summed E-state index contributed by atoms with van der Waals surface area (Å²) in [7, 11) is 0. The molecule has 0 aromatic carbocycles. The molecule has 1 N–H and O–H groups in total. The van der Waals surface area contributed by atoms with Gasteiger partial charge in [-0.1, -0.05) is 0 Å². The summed E-state index contributed by atoms with van der Waals surface area (Å²) in [6.07, 6.45) is 2.21. The zero-order valence-corrected chi connectivity index (χ0v) is 12.7. The first-order chi connectivity index (χ1) is 9.83. The van der Waals surface area contributed by atoms with Gasteiger partial charge in [0.2, 0.25) is 0 Å². The van der Waals surface area contributed by atoms with Gasteiger partial charge in [0.05, 0.1) is 19.3 Å². The van der Waals surface area contributed by atoms with E-state index in [-0.39, 0.29) is 6.10 Å². The number of thiophene rings is 1. The van der Waals surface area contributed by atoms with Crippen molar-refractivity contribution in [2.75, 3.05) is 45.9 Å². The summed E-state index contributed by atoms with van der Waals surface area (Å²) in [6, 6.07) is 2.74. The maximum Gasteiger partial charge on any atom is 0.0794 e. The molecule has 2 aliphatic rings. The van der Waals surface area contributed by atoms with Crippen molar-refractivity contribution in [3.8, 4) is 0 Å². The molecule has 0 bridgehead atoms. The molecule has 3 rings (SSSR count). The molecule has 2 atom stereocenters. The fourth-order valence-corrected chi connectivity index (χ4v) is 4.00. The number of likely N-dealkylation sites (tertiary alicyclic amines) is 1. The van der Waals surface area contributed by atoms with E-state index >= 15 is 0 Å². The minimum Gasteiger partial charge on any atom is -0.390 e. The zero-order valence-electron chi connectivity index (χ0n) is 11.9. The van der Waals surface area contributed by atoms with E-state index in [9.17, 15) is 5.11 Å². The van der Waals surface area contributed by atoms with E-state index in [1.807, 2.05) is 0 Å². The van der Waals surface area contributed by atoms with Crippen molar-refractivity contribution in [3.05, 3.63) is 22.4 Å². The van der Waals surface area contributed by atoms with E-state index in [1.54, 1.807) is 11.3 Å². The van der Waals surface area contributed by atoms with Crippen LogP contribution >= 0.6 is 11.3 Å². The highest BCUT2D eigenvalue weighted by molar-refractivity contribution is 7.07. The lowest BCUT2D eigenvalue weighted by Crippen LogP contribution is -2.44. The van der Waals surface area contributed by atoms with Gasteiger partial charge in [-0.2, -0.15) is 11.3 Å². The maximum atomic E-state index is 10.4. The molecule has 3 heterocycles. The lowest BCUT2D eigenvalue weighted by atomic mass is 10.1. The molecule has 5 heteroatoms. The fourth-order valence-electron chi connectivity index (χ4n) is 3.30. The molecule has 2 saturated heterocycles. The Morgan fingerprint density at radius 1 is 1.30 bits per heavy atom. The van der Waals surface area contributed by atoms with Crippen LogP contribution in [0.2, 0.25) is 0 Å². The van der Waals surface area contributed by atoms with E-state index in [4.69, 9.17) is 4.74 Å². The lowest BCUT2D eigenvalue weighted by molar-refractivity contribution is 0.00586. The number of rotatable bonds is 5. The molecule has 112 valence electrons. The molecule has 0 spiro atoms. The Hall–Kier alpha value is -0.460. The Labute approximate surface area is 125 Å². The zero-order chi connectivity index (χ0) is 13.8. The molecule has 2 aliphatic heterocycles. The second-order valence-corrected chi connectivity index (χ2v) is 6.56. The molecule has 0 amide bonds. The van der Waals surface area contributed by atoms with Gasteiger partial charge in [-0.15, -0.1) is 0 Å². The van der Waals surface area contributed by atoms with Gasteiger partial charge < -0.3 is 9.84 Å². The molecule has 1 aromatic rings. The van der Waals surface area contributed by atoms with Gasteiger partial charge >= 0.3 is 0 Å². The summed E-state index contributed by atoms with van der Waals surface area (Å²) in [5.41, 5.74) is 1.42. The van der Waals surface area contributed by atoms with Gasteiger partial charge in [-0.05, 0) is 41.8 Å². The Morgan fingerprint density at radius 2 is 2.15 bits per heavy atom. The van der Waals surface area contributed by atoms with Crippen LogP contribution in [0.25, 0.3) is 0 Å². The highest BCUT2D eigenvalue weighted by Crippen LogP contribution is 2.32. The van der Waals surface area contributed by atoms with E-state index in [1.165, 1.54) is 18.4 Å². The molecular weight excluding hydrogens is 272 g/mol. The number of ether oxygens (including phenoxy) is 1. The van der Waals surface area contributed by atoms with Gasteiger partial charge in [0, 0.05) is 32.2 Å². The summed E-state index contributed by atoms with van der Waals surface area (Å²) < 4.78 is 5.35. The average molecular weight is 296 g/mol.